The van der Waals surface area contributed by atoms with Crippen LogP contribution in [0.1, 0.15) is 0 Å². The Kier molecular flexibility index (Phi) is 6.44. The number of furan rings is 1. The summed E-state index contributed by atoms with van der Waals surface area (Å²) in [6, 6.07) is 63.2. The fourth-order valence-corrected chi connectivity index (χ4v) is 11.9. The van der Waals surface area contributed by atoms with Crippen LogP contribution in [0.25, 0.3) is 38.7 Å². The van der Waals surface area contributed by atoms with Gasteiger partial charge in [-0.3, -0.25) is 9.78 Å². The molecule has 7 aromatic carbocycles. The molecule has 0 atom stereocenters. The van der Waals surface area contributed by atoms with Gasteiger partial charge in [0.15, 0.2) is 8.07 Å². The number of aromatic amines is 1. The third kappa shape index (κ3) is 4.43. The molecule has 0 saturated heterocycles. The van der Waals surface area contributed by atoms with Crippen LogP contribution >= 0.6 is 0 Å². The molecule has 9 aromatic rings. The predicted octanol–water partition coefficient (Wildman–Crippen LogP) is 7.98. The first-order chi connectivity index (χ1) is 23.3. The van der Waals surface area contributed by atoms with E-state index in [0.717, 1.165) is 50.0 Å². The topological polar surface area (TPSA) is 45.9 Å². The molecule has 5 heteroatoms. The summed E-state index contributed by atoms with van der Waals surface area (Å²) >= 11 is 0. The number of rotatable bonds is 7. The Morgan fingerprint density at radius 1 is 0.489 bits per heavy atom. The zero-order valence-corrected chi connectivity index (χ0v) is 26.6. The minimum Gasteiger partial charge on any atom is -0.456 e. The molecular weight excluding hydrogens is 591 g/mol. The molecule has 0 saturated carbocycles. The van der Waals surface area contributed by atoms with Crippen molar-refractivity contribution in [2.75, 3.05) is 5.32 Å². The smallest absolute Gasteiger partial charge is 0.179 e. The van der Waals surface area contributed by atoms with Gasteiger partial charge in [0, 0.05) is 16.5 Å². The molecule has 2 heterocycles. The molecule has 2 aromatic heterocycles. The SMILES string of the molecule is c1ccc([Si](c2ccccc2)(c2ccccc2)c2ccc(Nc3ccc4oc5ccccc5c4c3)c(-n3[nH]c4ccccc43)c2)cc1. The first-order valence-corrected chi connectivity index (χ1v) is 17.9. The Bertz CT molecular complexity index is 2400. The molecule has 0 amide bonds. The number of hydrogen-bond acceptors (Lipinski definition) is 2. The first-order valence-electron chi connectivity index (χ1n) is 15.9. The monoisotopic (exact) mass is 621 g/mol. The van der Waals surface area contributed by atoms with Crippen molar-refractivity contribution in [2.45, 2.75) is 0 Å². The summed E-state index contributed by atoms with van der Waals surface area (Å²) in [6.07, 6.45) is 0. The molecular formula is C42H31N3OSi. The number of fused-ring (bicyclic) bond motifs is 4. The number of anilines is 2. The maximum atomic E-state index is 6.12. The molecule has 0 bridgehead atoms. The highest BCUT2D eigenvalue weighted by Gasteiger charge is 2.41. The van der Waals surface area contributed by atoms with Crippen LogP contribution < -0.4 is 26.1 Å². The molecule has 0 aliphatic heterocycles. The molecule has 0 spiro atoms. The summed E-state index contributed by atoms with van der Waals surface area (Å²) in [5, 5.41) is 15.0. The highest BCUT2D eigenvalue weighted by atomic mass is 28.3. The van der Waals surface area contributed by atoms with Gasteiger partial charge in [-0.25, -0.2) is 0 Å². The zero-order valence-electron chi connectivity index (χ0n) is 25.6. The molecule has 47 heavy (non-hydrogen) atoms. The van der Waals surface area contributed by atoms with Crippen LogP contribution in [0.2, 0.25) is 0 Å². The van der Waals surface area contributed by atoms with Crippen molar-refractivity contribution in [3.05, 3.63) is 176 Å². The van der Waals surface area contributed by atoms with Crippen LogP contribution in [0, 0.1) is 0 Å². The van der Waals surface area contributed by atoms with Crippen LogP contribution in [0.15, 0.2) is 180 Å². The molecule has 2 N–H and O–H groups in total. The normalized spacial score (nSPS) is 11.8. The lowest BCUT2D eigenvalue weighted by Gasteiger charge is -2.35. The highest BCUT2D eigenvalue weighted by molar-refractivity contribution is 7.19. The van der Waals surface area contributed by atoms with Crippen molar-refractivity contribution in [1.82, 2.24) is 9.78 Å². The van der Waals surface area contributed by atoms with Crippen molar-refractivity contribution in [3.63, 3.8) is 0 Å². The largest absolute Gasteiger partial charge is 0.456 e. The van der Waals surface area contributed by atoms with Gasteiger partial charge in [0.2, 0.25) is 0 Å². The van der Waals surface area contributed by atoms with E-state index in [1.807, 2.05) is 12.1 Å². The van der Waals surface area contributed by atoms with Gasteiger partial charge in [0.25, 0.3) is 0 Å². The van der Waals surface area contributed by atoms with Crippen molar-refractivity contribution in [2.24, 2.45) is 0 Å². The van der Waals surface area contributed by atoms with Crippen molar-refractivity contribution >= 4 is 73.2 Å². The Morgan fingerprint density at radius 2 is 1.09 bits per heavy atom. The highest BCUT2D eigenvalue weighted by Crippen LogP contribution is 2.33. The summed E-state index contributed by atoms with van der Waals surface area (Å²) in [5.74, 6) is 0. The van der Waals surface area contributed by atoms with E-state index in [9.17, 15) is 0 Å². The number of benzene rings is 7. The summed E-state index contributed by atoms with van der Waals surface area (Å²) in [6.45, 7) is 0. The molecule has 9 rings (SSSR count). The Balaban J connectivity index is 1.28. The fourth-order valence-electron chi connectivity index (χ4n) is 7.16. The Hall–Kier alpha value is -6.04. The van der Waals surface area contributed by atoms with Gasteiger partial charge >= 0.3 is 0 Å². The quantitative estimate of drug-likeness (QED) is 0.140. The molecule has 0 aliphatic carbocycles. The third-order valence-corrected chi connectivity index (χ3v) is 14.1. The molecule has 0 aliphatic rings. The number of nitrogens with zero attached hydrogens (tertiary/aromatic N) is 1. The number of H-pyrrole nitrogens is 1. The third-order valence-electron chi connectivity index (χ3n) is 9.32. The van der Waals surface area contributed by atoms with Crippen LogP contribution in [-0.2, 0) is 0 Å². The zero-order chi connectivity index (χ0) is 31.2. The average molecular weight is 622 g/mol. The lowest BCUT2D eigenvalue weighted by molar-refractivity contribution is 0.669. The van der Waals surface area contributed by atoms with E-state index >= 15 is 0 Å². The van der Waals surface area contributed by atoms with Gasteiger partial charge < -0.3 is 9.73 Å². The van der Waals surface area contributed by atoms with Crippen LogP contribution in [0.5, 0.6) is 0 Å². The standard InChI is InChI=1S/C42H31N3OSi/c1-4-14-31(15-5-1)47(32-16-6-2-7-17-32,33-18-8-3-9-19-33)34-25-26-37(40(29-34)45-39-22-12-11-21-38(39)44-45)43-30-24-27-42-36(28-30)35-20-10-13-23-41(35)46-42/h1-29,43-44H. The lowest BCUT2D eigenvalue weighted by Crippen LogP contribution is -2.74. The van der Waals surface area contributed by atoms with Crippen LogP contribution in [-0.4, -0.2) is 17.9 Å². The van der Waals surface area contributed by atoms with Crippen LogP contribution in [0.4, 0.5) is 11.4 Å². The molecule has 0 fully saturated rings. The van der Waals surface area contributed by atoms with E-state index in [1.165, 1.54) is 20.7 Å². The van der Waals surface area contributed by atoms with Gasteiger partial charge in [-0.05, 0) is 69.3 Å². The van der Waals surface area contributed by atoms with Gasteiger partial charge in [0.05, 0.1) is 22.4 Å². The predicted molar refractivity (Wildman–Crippen MR) is 198 cm³/mol. The second-order valence-corrected chi connectivity index (χ2v) is 15.8. The summed E-state index contributed by atoms with van der Waals surface area (Å²) in [7, 11) is -2.72. The summed E-state index contributed by atoms with van der Waals surface area (Å²) in [5.41, 5.74) is 7.14. The van der Waals surface area contributed by atoms with E-state index in [-0.39, 0.29) is 0 Å². The number of hydrogen-bond donors (Lipinski definition) is 2. The maximum Gasteiger partial charge on any atom is 0.179 e. The first kappa shape index (κ1) is 27.3. The molecule has 0 radical (unpaired) electrons. The fraction of sp³-hybridized carbons (Fsp3) is 0. The average Bonchev–Trinajstić information content (AvgIpc) is 3.49. The van der Waals surface area contributed by atoms with Gasteiger partial charge in [-0.15, -0.1) is 0 Å². The number of para-hydroxylation sites is 3. The van der Waals surface area contributed by atoms with Gasteiger partial charge in [-0.1, -0.05) is 127 Å². The number of aromatic nitrogens is 2. The molecule has 0 unspecified atom stereocenters. The summed E-state index contributed by atoms with van der Waals surface area (Å²) in [4.78, 5) is 0. The van der Waals surface area contributed by atoms with E-state index in [2.05, 4.69) is 179 Å². The van der Waals surface area contributed by atoms with Crippen molar-refractivity contribution in [1.29, 1.82) is 0 Å². The lowest BCUT2D eigenvalue weighted by atomic mass is 10.1. The van der Waals surface area contributed by atoms with E-state index in [1.54, 1.807) is 0 Å². The van der Waals surface area contributed by atoms with Gasteiger partial charge in [0.1, 0.15) is 11.2 Å². The van der Waals surface area contributed by atoms with Gasteiger partial charge in [-0.2, -0.15) is 0 Å². The minimum absolute atomic E-state index is 0.884. The van der Waals surface area contributed by atoms with Crippen molar-refractivity contribution in [3.8, 4) is 5.69 Å². The minimum atomic E-state index is -2.72. The second-order valence-electron chi connectivity index (χ2n) is 12.0. The molecule has 4 nitrogen and oxygen atoms in total. The van der Waals surface area contributed by atoms with Crippen LogP contribution in [0.3, 0.4) is 0 Å². The number of nitrogens with one attached hydrogen (secondary N) is 2. The van der Waals surface area contributed by atoms with E-state index in [4.69, 9.17) is 4.42 Å². The Morgan fingerprint density at radius 3 is 1.77 bits per heavy atom. The second kappa shape index (κ2) is 11.1. The molecule has 224 valence electrons. The Labute approximate surface area is 273 Å². The van der Waals surface area contributed by atoms with E-state index in [0.29, 0.717) is 0 Å². The summed E-state index contributed by atoms with van der Waals surface area (Å²) < 4.78 is 8.32. The maximum absolute atomic E-state index is 6.12. The van der Waals surface area contributed by atoms with Crippen molar-refractivity contribution < 1.29 is 4.42 Å². The van der Waals surface area contributed by atoms with E-state index < -0.39 is 8.07 Å².